The van der Waals surface area contributed by atoms with Crippen LogP contribution in [0.5, 0.6) is 5.75 Å². The second-order valence-corrected chi connectivity index (χ2v) is 4.23. The lowest BCUT2D eigenvalue weighted by Crippen LogP contribution is -2.11. The molecule has 2 aromatic carbocycles. The average molecular weight is 283 g/mol. The molecule has 0 bridgehead atoms. The van der Waals surface area contributed by atoms with Gasteiger partial charge in [0.15, 0.2) is 24.0 Å². The maximum absolute atomic E-state index is 12.9. The molecule has 0 saturated carbocycles. The molecule has 2 rings (SSSR count). The third kappa shape index (κ3) is 3.51. The van der Waals surface area contributed by atoms with Crippen LogP contribution >= 0.6 is 11.6 Å². The molecule has 0 fully saturated rings. The summed E-state index contributed by atoms with van der Waals surface area (Å²) in [6.45, 7) is -0.257. The zero-order valence-corrected chi connectivity index (χ0v) is 10.5. The first-order valence-electron chi connectivity index (χ1n) is 5.43. The van der Waals surface area contributed by atoms with Gasteiger partial charge in [-0.1, -0.05) is 11.6 Å². The molecule has 0 aromatic heterocycles. The molecular formula is C14H9ClF2O2. The van der Waals surface area contributed by atoms with E-state index in [2.05, 4.69) is 0 Å². The van der Waals surface area contributed by atoms with Gasteiger partial charge in [-0.3, -0.25) is 4.79 Å². The van der Waals surface area contributed by atoms with Crippen LogP contribution in [0.25, 0.3) is 0 Å². The molecule has 0 N–H and O–H groups in total. The van der Waals surface area contributed by atoms with Crippen molar-refractivity contribution in [2.75, 3.05) is 6.61 Å². The standard InChI is InChI=1S/C14H9ClF2O2/c15-10-3-1-9(2-4-10)14(18)8-19-11-5-6-12(16)13(17)7-11/h1-7H,8H2. The van der Waals surface area contributed by atoms with E-state index in [1.807, 2.05) is 0 Å². The second-order valence-electron chi connectivity index (χ2n) is 3.79. The Bertz CT molecular complexity index is 597. The van der Waals surface area contributed by atoms with E-state index in [0.717, 1.165) is 12.1 Å². The van der Waals surface area contributed by atoms with Crippen molar-refractivity contribution in [3.8, 4) is 5.75 Å². The summed E-state index contributed by atoms with van der Waals surface area (Å²) in [4.78, 5) is 11.7. The van der Waals surface area contributed by atoms with Crippen molar-refractivity contribution in [3.05, 3.63) is 64.7 Å². The van der Waals surface area contributed by atoms with Gasteiger partial charge in [0.1, 0.15) is 5.75 Å². The first-order chi connectivity index (χ1) is 9.06. The van der Waals surface area contributed by atoms with Crippen LogP contribution in [0.15, 0.2) is 42.5 Å². The van der Waals surface area contributed by atoms with Gasteiger partial charge in [-0.2, -0.15) is 0 Å². The number of Topliss-reactive ketones (excluding diaryl/α,β-unsaturated/α-hetero) is 1. The molecule has 0 radical (unpaired) electrons. The van der Waals surface area contributed by atoms with E-state index in [1.54, 1.807) is 24.3 Å². The quantitative estimate of drug-likeness (QED) is 0.796. The van der Waals surface area contributed by atoms with Gasteiger partial charge >= 0.3 is 0 Å². The molecule has 0 unspecified atom stereocenters. The Morgan fingerprint density at radius 3 is 2.37 bits per heavy atom. The molecule has 0 heterocycles. The fourth-order valence-corrected chi connectivity index (χ4v) is 1.56. The number of halogens is 3. The molecule has 5 heteroatoms. The maximum atomic E-state index is 12.9. The van der Waals surface area contributed by atoms with Gasteiger partial charge < -0.3 is 4.74 Å². The van der Waals surface area contributed by atoms with Gasteiger partial charge in [0, 0.05) is 16.7 Å². The van der Waals surface area contributed by atoms with Crippen molar-refractivity contribution in [2.24, 2.45) is 0 Å². The fourth-order valence-electron chi connectivity index (χ4n) is 1.43. The van der Waals surface area contributed by atoms with Gasteiger partial charge in [0.25, 0.3) is 0 Å². The molecule has 98 valence electrons. The predicted octanol–water partition coefficient (Wildman–Crippen LogP) is 3.88. The molecule has 0 spiro atoms. The number of carbonyl (C=O) groups excluding carboxylic acids is 1. The minimum Gasteiger partial charge on any atom is -0.485 e. The lowest BCUT2D eigenvalue weighted by molar-refractivity contribution is 0.0921. The van der Waals surface area contributed by atoms with Crippen LogP contribution in [-0.2, 0) is 0 Å². The number of ketones is 1. The molecule has 0 atom stereocenters. The van der Waals surface area contributed by atoms with E-state index in [-0.39, 0.29) is 18.1 Å². The zero-order valence-electron chi connectivity index (χ0n) is 9.70. The highest BCUT2D eigenvalue weighted by Crippen LogP contribution is 2.16. The third-order valence-electron chi connectivity index (χ3n) is 2.43. The number of carbonyl (C=O) groups is 1. The lowest BCUT2D eigenvalue weighted by Gasteiger charge is -2.06. The molecular weight excluding hydrogens is 274 g/mol. The van der Waals surface area contributed by atoms with Gasteiger partial charge in [0.05, 0.1) is 0 Å². The number of rotatable bonds is 4. The Morgan fingerprint density at radius 2 is 1.74 bits per heavy atom. The normalized spacial score (nSPS) is 10.3. The van der Waals surface area contributed by atoms with Crippen LogP contribution < -0.4 is 4.74 Å². The van der Waals surface area contributed by atoms with Gasteiger partial charge in [-0.05, 0) is 36.4 Å². The van der Waals surface area contributed by atoms with Crippen LogP contribution in [0.2, 0.25) is 5.02 Å². The largest absolute Gasteiger partial charge is 0.485 e. The highest BCUT2D eigenvalue weighted by atomic mass is 35.5. The lowest BCUT2D eigenvalue weighted by atomic mass is 10.1. The molecule has 0 amide bonds. The van der Waals surface area contributed by atoms with Crippen molar-refractivity contribution in [3.63, 3.8) is 0 Å². The molecule has 19 heavy (non-hydrogen) atoms. The van der Waals surface area contributed by atoms with E-state index in [9.17, 15) is 13.6 Å². The van der Waals surface area contributed by atoms with E-state index in [1.165, 1.54) is 6.07 Å². The van der Waals surface area contributed by atoms with Crippen LogP contribution in [0.1, 0.15) is 10.4 Å². The number of benzene rings is 2. The molecule has 2 nitrogen and oxygen atoms in total. The second kappa shape index (κ2) is 5.80. The SMILES string of the molecule is O=C(COc1ccc(F)c(F)c1)c1ccc(Cl)cc1. The molecule has 0 aliphatic heterocycles. The Balaban J connectivity index is 2.00. The van der Waals surface area contributed by atoms with Crippen LogP contribution in [0.3, 0.4) is 0 Å². The summed E-state index contributed by atoms with van der Waals surface area (Å²) in [7, 11) is 0. The molecule has 0 aliphatic carbocycles. The van der Waals surface area contributed by atoms with E-state index in [0.29, 0.717) is 10.6 Å². The maximum Gasteiger partial charge on any atom is 0.200 e. The van der Waals surface area contributed by atoms with Gasteiger partial charge in [-0.25, -0.2) is 8.78 Å². The zero-order chi connectivity index (χ0) is 13.8. The van der Waals surface area contributed by atoms with Gasteiger partial charge in [-0.15, -0.1) is 0 Å². The smallest absolute Gasteiger partial charge is 0.200 e. The summed E-state index contributed by atoms with van der Waals surface area (Å²) in [6, 6.07) is 9.41. The third-order valence-corrected chi connectivity index (χ3v) is 2.68. The monoisotopic (exact) mass is 282 g/mol. The first kappa shape index (κ1) is 13.5. The van der Waals surface area contributed by atoms with Crippen molar-refractivity contribution in [1.82, 2.24) is 0 Å². The summed E-state index contributed by atoms with van der Waals surface area (Å²) in [5.74, 6) is -2.16. The van der Waals surface area contributed by atoms with E-state index >= 15 is 0 Å². The number of hydrogen-bond acceptors (Lipinski definition) is 2. The van der Waals surface area contributed by atoms with Crippen molar-refractivity contribution in [2.45, 2.75) is 0 Å². The highest BCUT2D eigenvalue weighted by Gasteiger charge is 2.08. The summed E-state index contributed by atoms with van der Waals surface area (Å²) >= 11 is 5.70. The summed E-state index contributed by atoms with van der Waals surface area (Å²) in [5.41, 5.74) is 0.437. The van der Waals surface area contributed by atoms with Crippen molar-refractivity contribution in [1.29, 1.82) is 0 Å². The average Bonchev–Trinajstić information content (AvgIpc) is 2.40. The Kier molecular flexibility index (Phi) is 4.12. The summed E-state index contributed by atoms with van der Waals surface area (Å²) < 4.78 is 30.7. The first-order valence-corrected chi connectivity index (χ1v) is 5.80. The van der Waals surface area contributed by atoms with E-state index in [4.69, 9.17) is 16.3 Å². The predicted molar refractivity (Wildman–Crippen MR) is 67.6 cm³/mol. The van der Waals surface area contributed by atoms with Crippen LogP contribution in [0.4, 0.5) is 8.78 Å². The van der Waals surface area contributed by atoms with Crippen LogP contribution in [0, 0.1) is 11.6 Å². The Labute approximate surface area is 113 Å². The van der Waals surface area contributed by atoms with Gasteiger partial charge in [0.2, 0.25) is 0 Å². The Hall–Kier alpha value is -1.94. The van der Waals surface area contributed by atoms with Crippen molar-refractivity contribution < 1.29 is 18.3 Å². The molecule has 0 saturated heterocycles. The summed E-state index contributed by atoms with van der Waals surface area (Å²) in [6.07, 6.45) is 0. The van der Waals surface area contributed by atoms with Crippen LogP contribution in [-0.4, -0.2) is 12.4 Å². The molecule has 0 aliphatic rings. The minimum atomic E-state index is -1.02. The fraction of sp³-hybridized carbons (Fsp3) is 0.0714. The van der Waals surface area contributed by atoms with Crippen molar-refractivity contribution >= 4 is 17.4 Å². The topological polar surface area (TPSA) is 26.3 Å². The Morgan fingerprint density at radius 1 is 1.05 bits per heavy atom. The molecule has 2 aromatic rings. The number of ether oxygens (including phenoxy) is 1. The number of hydrogen-bond donors (Lipinski definition) is 0. The summed E-state index contributed by atoms with van der Waals surface area (Å²) in [5, 5.41) is 0.526. The minimum absolute atomic E-state index is 0.0983. The van der Waals surface area contributed by atoms with E-state index < -0.39 is 11.6 Å². The highest BCUT2D eigenvalue weighted by molar-refractivity contribution is 6.30.